The van der Waals surface area contributed by atoms with Crippen molar-refractivity contribution in [2.45, 2.75) is 37.9 Å². The zero-order valence-corrected chi connectivity index (χ0v) is 15.9. The molecule has 5 rings (SSSR count). The van der Waals surface area contributed by atoms with Gasteiger partial charge in [-0.2, -0.15) is 0 Å². The predicted molar refractivity (Wildman–Crippen MR) is 103 cm³/mol. The molecule has 2 unspecified atom stereocenters. The molecule has 2 atom stereocenters. The molecule has 2 aromatic rings. The predicted octanol–water partition coefficient (Wildman–Crippen LogP) is 3.13. The first-order valence-corrected chi connectivity index (χ1v) is 9.97. The number of carboxylic acid groups (broad SMARTS) is 1. The number of benzene rings is 1. The number of aromatic carboxylic acids is 1. The van der Waals surface area contributed by atoms with E-state index in [9.17, 15) is 23.5 Å². The van der Waals surface area contributed by atoms with Crippen molar-refractivity contribution in [2.24, 2.45) is 5.41 Å². The van der Waals surface area contributed by atoms with Crippen LogP contribution in [0.25, 0.3) is 10.9 Å². The highest BCUT2D eigenvalue weighted by molar-refractivity contribution is 5.93. The fourth-order valence-electron chi connectivity index (χ4n) is 4.73. The number of aromatic nitrogens is 1. The van der Waals surface area contributed by atoms with Gasteiger partial charge in [0.2, 0.25) is 5.43 Å². The Labute approximate surface area is 165 Å². The molecule has 1 saturated carbocycles. The molecule has 2 aliphatic heterocycles. The van der Waals surface area contributed by atoms with Gasteiger partial charge in [0.1, 0.15) is 17.6 Å². The number of carbonyl (C=O) groups is 1. The number of alkyl halides is 1. The monoisotopic (exact) mass is 404 g/mol. The van der Waals surface area contributed by atoms with E-state index in [2.05, 4.69) is 0 Å². The highest BCUT2D eigenvalue weighted by Gasteiger charge is 2.41. The van der Waals surface area contributed by atoms with Crippen LogP contribution in [0.1, 0.15) is 42.1 Å². The van der Waals surface area contributed by atoms with Gasteiger partial charge in [0, 0.05) is 37.7 Å². The summed E-state index contributed by atoms with van der Waals surface area (Å²) in [5.41, 5.74) is -0.280. The first-order chi connectivity index (χ1) is 13.9. The number of hydrogen-bond donors (Lipinski definition) is 1. The summed E-state index contributed by atoms with van der Waals surface area (Å²) in [6, 6.07) is 2.16. The summed E-state index contributed by atoms with van der Waals surface area (Å²) in [5, 5.41) is 9.30. The van der Waals surface area contributed by atoms with Crippen molar-refractivity contribution in [3.8, 4) is 0 Å². The van der Waals surface area contributed by atoms with Crippen LogP contribution in [0.15, 0.2) is 23.1 Å². The second-order valence-corrected chi connectivity index (χ2v) is 8.51. The summed E-state index contributed by atoms with van der Waals surface area (Å²) >= 11 is 0. The molecule has 3 fully saturated rings. The lowest BCUT2D eigenvalue weighted by atomic mass is 9.78. The van der Waals surface area contributed by atoms with E-state index in [0.717, 1.165) is 38.5 Å². The number of pyridine rings is 1. The van der Waals surface area contributed by atoms with Crippen LogP contribution in [0.4, 0.5) is 14.5 Å². The Morgan fingerprint density at radius 1 is 1.24 bits per heavy atom. The molecule has 1 aromatic carbocycles. The average molecular weight is 404 g/mol. The lowest BCUT2D eigenvalue weighted by Crippen LogP contribution is -2.40. The Bertz CT molecular complexity index is 1050. The zero-order chi connectivity index (χ0) is 20.3. The van der Waals surface area contributed by atoms with Crippen LogP contribution >= 0.6 is 0 Å². The molecular formula is C21H22F2N2O4. The Kier molecular flexibility index (Phi) is 4.17. The first-order valence-electron chi connectivity index (χ1n) is 9.97. The van der Waals surface area contributed by atoms with Crippen LogP contribution in [0.5, 0.6) is 0 Å². The maximum atomic E-state index is 15.0. The van der Waals surface area contributed by atoms with E-state index in [1.54, 1.807) is 6.07 Å². The normalized spacial score (nSPS) is 25.7. The largest absolute Gasteiger partial charge is 0.477 e. The summed E-state index contributed by atoms with van der Waals surface area (Å²) < 4.78 is 35.8. The van der Waals surface area contributed by atoms with E-state index in [4.69, 9.17) is 4.74 Å². The molecule has 8 heteroatoms. The van der Waals surface area contributed by atoms with Crippen LogP contribution in [0.3, 0.4) is 0 Å². The molecule has 154 valence electrons. The highest BCUT2D eigenvalue weighted by Crippen LogP contribution is 2.43. The molecule has 1 aromatic heterocycles. The Morgan fingerprint density at radius 2 is 1.97 bits per heavy atom. The third-order valence-corrected chi connectivity index (χ3v) is 6.72. The van der Waals surface area contributed by atoms with Gasteiger partial charge in [0.05, 0.1) is 23.9 Å². The number of ether oxygens (including phenoxy) is 1. The summed E-state index contributed by atoms with van der Waals surface area (Å²) in [6.45, 7) is 2.88. The van der Waals surface area contributed by atoms with E-state index in [-0.39, 0.29) is 17.2 Å². The fraction of sp³-hybridized carbons (Fsp3) is 0.524. The highest BCUT2D eigenvalue weighted by atomic mass is 19.1. The summed E-state index contributed by atoms with van der Waals surface area (Å²) in [6.07, 6.45) is 3.20. The number of halogens is 2. The quantitative estimate of drug-likeness (QED) is 0.851. The molecule has 6 nitrogen and oxygen atoms in total. The second-order valence-electron chi connectivity index (χ2n) is 8.51. The molecule has 29 heavy (non-hydrogen) atoms. The lowest BCUT2D eigenvalue weighted by molar-refractivity contribution is 0.0694. The number of rotatable bonds is 3. The van der Waals surface area contributed by atoms with Crippen LogP contribution in [-0.4, -0.2) is 48.1 Å². The van der Waals surface area contributed by atoms with Gasteiger partial charge in [-0.25, -0.2) is 13.6 Å². The van der Waals surface area contributed by atoms with Crippen molar-refractivity contribution in [2.75, 3.05) is 31.2 Å². The number of piperidine rings is 1. The van der Waals surface area contributed by atoms with Gasteiger partial charge < -0.3 is 19.3 Å². The average Bonchev–Trinajstić information content (AvgIpc) is 3.25. The van der Waals surface area contributed by atoms with Gasteiger partial charge in [-0.3, -0.25) is 4.79 Å². The SMILES string of the molecule is O=C(O)c1cn(C2CC2F)c2cc(N3CCC4(CCOC4)CC3)c(F)cc2c1=O. The van der Waals surface area contributed by atoms with Gasteiger partial charge >= 0.3 is 5.97 Å². The third kappa shape index (κ3) is 3.01. The Hall–Kier alpha value is -2.48. The maximum absolute atomic E-state index is 15.0. The molecule has 3 aliphatic rings. The van der Waals surface area contributed by atoms with Gasteiger partial charge in [-0.1, -0.05) is 0 Å². The fourth-order valence-corrected chi connectivity index (χ4v) is 4.73. The molecule has 1 spiro atoms. The Morgan fingerprint density at radius 3 is 2.55 bits per heavy atom. The van der Waals surface area contributed by atoms with Crippen molar-refractivity contribution in [1.82, 2.24) is 4.57 Å². The second kappa shape index (κ2) is 6.52. The number of hydrogen-bond acceptors (Lipinski definition) is 4. The third-order valence-electron chi connectivity index (χ3n) is 6.72. The maximum Gasteiger partial charge on any atom is 0.341 e. The van der Waals surface area contributed by atoms with Crippen molar-refractivity contribution in [3.63, 3.8) is 0 Å². The lowest BCUT2D eigenvalue weighted by Gasteiger charge is -2.39. The Balaban J connectivity index is 1.57. The van der Waals surface area contributed by atoms with Crippen LogP contribution < -0.4 is 10.3 Å². The minimum Gasteiger partial charge on any atom is -0.477 e. The molecular weight excluding hydrogens is 382 g/mol. The number of fused-ring (bicyclic) bond motifs is 1. The van der Waals surface area contributed by atoms with Crippen molar-refractivity contribution >= 4 is 22.6 Å². The minimum absolute atomic E-state index is 0.0251. The number of nitrogens with zero attached hydrogens (tertiary/aromatic N) is 2. The standard InChI is InChI=1S/C21H22F2N2O4/c22-14-7-12-16(25(18-8-15(18)23)10-13(19(12)26)20(27)28)9-17(14)24-4-1-21(2-5-24)3-6-29-11-21/h7,9-10,15,18H,1-6,8,11H2,(H,27,28). The molecule has 1 aliphatic carbocycles. The van der Waals surface area contributed by atoms with Gasteiger partial charge in [-0.15, -0.1) is 0 Å². The molecule has 3 heterocycles. The van der Waals surface area contributed by atoms with E-state index in [0.29, 0.717) is 24.3 Å². The molecule has 0 bridgehead atoms. The topological polar surface area (TPSA) is 71.8 Å². The van der Waals surface area contributed by atoms with Crippen LogP contribution in [-0.2, 0) is 4.74 Å². The smallest absolute Gasteiger partial charge is 0.341 e. The summed E-state index contributed by atoms with van der Waals surface area (Å²) in [5.74, 6) is -1.96. The zero-order valence-electron chi connectivity index (χ0n) is 15.9. The summed E-state index contributed by atoms with van der Waals surface area (Å²) in [7, 11) is 0. The molecule has 1 N–H and O–H groups in total. The van der Waals surface area contributed by atoms with Gasteiger partial charge in [-0.05, 0) is 36.8 Å². The molecule has 0 radical (unpaired) electrons. The van der Waals surface area contributed by atoms with E-state index in [1.807, 2.05) is 4.90 Å². The first kappa shape index (κ1) is 18.5. The van der Waals surface area contributed by atoms with Crippen molar-refractivity contribution < 1.29 is 23.4 Å². The van der Waals surface area contributed by atoms with Gasteiger partial charge in [0.15, 0.2) is 0 Å². The van der Waals surface area contributed by atoms with Gasteiger partial charge in [0.25, 0.3) is 0 Å². The minimum atomic E-state index is -1.40. The number of anilines is 1. The van der Waals surface area contributed by atoms with Crippen molar-refractivity contribution in [1.29, 1.82) is 0 Å². The molecule has 0 amide bonds. The van der Waals surface area contributed by atoms with E-state index >= 15 is 0 Å². The van der Waals surface area contributed by atoms with E-state index < -0.39 is 35.0 Å². The summed E-state index contributed by atoms with van der Waals surface area (Å²) in [4.78, 5) is 26.0. The van der Waals surface area contributed by atoms with Crippen LogP contribution in [0.2, 0.25) is 0 Å². The van der Waals surface area contributed by atoms with Crippen molar-refractivity contribution in [3.05, 3.63) is 39.9 Å². The van der Waals surface area contributed by atoms with Crippen LogP contribution in [0, 0.1) is 11.2 Å². The molecule has 2 saturated heterocycles. The number of carboxylic acids is 1. The van der Waals surface area contributed by atoms with E-state index in [1.165, 1.54) is 10.8 Å².